The molecule has 0 amide bonds. The lowest BCUT2D eigenvalue weighted by Gasteiger charge is -2.14. The van der Waals surface area contributed by atoms with Gasteiger partial charge in [-0.05, 0) is 57.4 Å². The zero-order chi connectivity index (χ0) is 10.3. The Hall–Kier alpha value is -0.500. The van der Waals surface area contributed by atoms with Crippen molar-refractivity contribution in [3.8, 4) is 5.75 Å². The van der Waals surface area contributed by atoms with E-state index >= 15 is 0 Å². The Morgan fingerprint density at radius 3 is 2.36 bits per heavy atom. The van der Waals surface area contributed by atoms with Crippen molar-refractivity contribution in [3.63, 3.8) is 0 Å². The van der Waals surface area contributed by atoms with Gasteiger partial charge in [-0.25, -0.2) is 0 Å². The third kappa shape index (κ3) is 1.68. The zero-order valence-corrected chi connectivity index (χ0v) is 10.4. The number of methoxy groups -OCH3 is 1. The summed E-state index contributed by atoms with van der Waals surface area (Å²) in [4.78, 5) is 0. The van der Waals surface area contributed by atoms with Crippen LogP contribution in [0, 0.1) is 5.41 Å². The molecule has 0 atom stereocenters. The van der Waals surface area contributed by atoms with Crippen molar-refractivity contribution in [3.05, 3.63) is 27.7 Å². The first-order valence-electron chi connectivity index (χ1n) is 4.87. The summed E-state index contributed by atoms with van der Waals surface area (Å²) in [5.74, 6) is 0.946. The van der Waals surface area contributed by atoms with Gasteiger partial charge in [-0.1, -0.05) is 13.8 Å². The molecule has 0 heterocycles. The summed E-state index contributed by atoms with van der Waals surface area (Å²) < 4.78 is 6.36. The van der Waals surface area contributed by atoms with Crippen LogP contribution >= 0.6 is 15.9 Å². The first-order chi connectivity index (χ1) is 6.52. The molecule has 2 rings (SSSR count). The monoisotopic (exact) mass is 254 g/mol. The Bertz CT molecular complexity index is 369. The summed E-state index contributed by atoms with van der Waals surface area (Å²) in [6.07, 6.45) is 2.33. The molecule has 1 aromatic carbocycles. The summed E-state index contributed by atoms with van der Waals surface area (Å²) in [6.45, 7) is 4.63. The number of benzene rings is 1. The molecule has 1 aliphatic rings. The molecule has 0 aromatic heterocycles. The van der Waals surface area contributed by atoms with E-state index in [4.69, 9.17) is 4.74 Å². The van der Waals surface area contributed by atoms with Gasteiger partial charge in [0.05, 0.1) is 11.6 Å². The highest BCUT2D eigenvalue weighted by atomic mass is 79.9. The number of hydrogen-bond donors (Lipinski definition) is 0. The van der Waals surface area contributed by atoms with Crippen LogP contribution in [-0.4, -0.2) is 7.11 Å². The maximum absolute atomic E-state index is 5.29. The molecule has 0 saturated carbocycles. The minimum atomic E-state index is 0.411. The van der Waals surface area contributed by atoms with Gasteiger partial charge in [-0.15, -0.1) is 0 Å². The number of hydrogen-bond acceptors (Lipinski definition) is 1. The Balaban J connectivity index is 2.44. The van der Waals surface area contributed by atoms with Gasteiger partial charge in [0, 0.05) is 0 Å². The largest absolute Gasteiger partial charge is 0.496 e. The molecule has 0 bridgehead atoms. The van der Waals surface area contributed by atoms with E-state index < -0.39 is 0 Å². The second-order valence-electron chi connectivity index (χ2n) is 4.77. The maximum Gasteiger partial charge on any atom is 0.133 e. The van der Waals surface area contributed by atoms with Crippen molar-refractivity contribution in [2.75, 3.05) is 7.11 Å². The standard InChI is InChI=1S/C12H15BrO/c1-12(2)6-8-4-10(13)11(14-3)5-9(8)7-12/h4-5H,6-7H2,1-3H3. The van der Waals surface area contributed by atoms with Gasteiger partial charge in [0.15, 0.2) is 0 Å². The molecule has 0 spiro atoms. The minimum absolute atomic E-state index is 0.411. The first-order valence-corrected chi connectivity index (χ1v) is 5.66. The lowest BCUT2D eigenvalue weighted by molar-refractivity contribution is 0.391. The third-order valence-corrected chi connectivity index (χ3v) is 3.43. The van der Waals surface area contributed by atoms with Crippen molar-refractivity contribution in [1.29, 1.82) is 0 Å². The molecule has 14 heavy (non-hydrogen) atoms. The highest BCUT2D eigenvalue weighted by Crippen LogP contribution is 2.40. The summed E-state index contributed by atoms with van der Waals surface area (Å²) in [5, 5.41) is 0. The number of fused-ring (bicyclic) bond motifs is 1. The normalized spacial score (nSPS) is 18.0. The summed E-state index contributed by atoms with van der Waals surface area (Å²) in [5.41, 5.74) is 3.31. The molecule has 0 fully saturated rings. The third-order valence-electron chi connectivity index (χ3n) is 2.81. The van der Waals surface area contributed by atoms with Crippen LogP contribution in [0.5, 0.6) is 5.75 Å². The van der Waals surface area contributed by atoms with E-state index in [1.165, 1.54) is 17.5 Å². The van der Waals surface area contributed by atoms with E-state index in [1.807, 2.05) is 0 Å². The van der Waals surface area contributed by atoms with Gasteiger partial charge in [-0.3, -0.25) is 0 Å². The van der Waals surface area contributed by atoms with E-state index in [9.17, 15) is 0 Å². The molecular weight excluding hydrogens is 240 g/mol. The summed E-state index contributed by atoms with van der Waals surface area (Å²) >= 11 is 3.52. The van der Waals surface area contributed by atoms with E-state index in [0.29, 0.717) is 5.41 Å². The predicted molar refractivity (Wildman–Crippen MR) is 61.9 cm³/mol. The molecule has 0 saturated heterocycles. The van der Waals surface area contributed by atoms with Crippen molar-refractivity contribution >= 4 is 15.9 Å². The van der Waals surface area contributed by atoms with Crippen molar-refractivity contribution in [1.82, 2.24) is 0 Å². The second-order valence-corrected chi connectivity index (χ2v) is 5.63. The first kappa shape index (κ1) is 10.0. The fourth-order valence-corrected chi connectivity index (χ4v) is 2.77. The fourth-order valence-electron chi connectivity index (χ4n) is 2.22. The fraction of sp³-hybridized carbons (Fsp3) is 0.500. The van der Waals surface area contributed by atoms with E-state index in [0.717, 1.165) is 16.6 Å². The average Bonchev–Trinajstić information content (AvgIpc) is 2.36. The molecule has 0 radical (unpaired) electrons. The molecule has 1 aromatic rings. The molecule has 1 nitrogen and oxygen atoms in total. The van der Waals surface area contributed by atoms with Gasteiger partial charge in [0.1, 0.15) is 5.75 Å². The predicted octanol–water partition coefficient (Wildman–Crippen LogP) is 3.58. The molecular formula is C12H15BrO. The molecule has 0 aliphatic heterocycles. The quantitative estimate of drug-likeness (QED) is 0.745. The van der Waals surface area contributed by atoms with Gasteiger partial charge in [0.25, 0.3) is 0 Å². The molecule has 1 aliphatic carbocycles. The van der Waals surface area contributed by atoms with E-state index in [2.05, 4.69) is 41.9 Å². The van der Waals surface area contributed by atoms with Gasteiger partial charge < -0.3 is 4.74 Å². The van der Waals surface area contributed by atoms with Gasteiger partial charge in [-0.2, -0.15) is 0 Å². The highest BCUT2D eigenvalue weighted by Gasteiger charge is 2.29. The van der Waals surface area contributed by atoms with Crippen LogP contribution in [0.15, 0.2) is 16.6 Å². The topological polar surface area (TPSA) is 9.23 Å². The van der Waals surface area contributed by atoms with Crippen LogP contribution in [0.1, 0.15) is 25.0 Å². The highest BCUT2D eigenvalue weighted by molar-refractivity contribution is 9.10. The van der Waals surface area contributed by atoms with Crippen LogP contribution in [-0.2, 0) is 12.8 Å². The molecule has 0 N–H and O–H groups in total. The van der Waals surface area contributed by atoms with Gasteiger partial charge >= 0.3 is 0 Å². The number of ether oxygens (including phenoxy) is 1. The Morgan fingerprint density at radius 2 is 1.79 bits per heavy atom. The minimum Gasteiger partial charge on any atom is -0.496 e. The van der Waals surface area contributed by atoms with Crippen LogP contribution in [0.2, 0.25) is 0 Å². The van der Waals surface area contributed by atoms with Crippen molar-refractivity contribution in [2.45, 2.75) is 26.7 Å². The van der Waals surface area contributed by atoms with E-state index in [-0.39, 0.29) is 0 Å². The summed E-state index contributed by atoms with van der Waals surface area (Å²) in [6, 6.07) is 4.36. The lowest BCUT2D eigenvalue weighted by atomic mass is 9.90. The number of halogens is 1. The van der Waals surface area contributed by atoms with E-state index in [1.54, 1.807) is 7.11 Å². The molecule has 2 heteroatoms. The van der Waals surface area contributed by atoms with Crippen molar-refractivity contribution < 1.29 is 4.74 Å². The van der Waals surface area contributed by atoms with Crippen LogP contribution in [0.4, 0.5) is 0 Å². The maximum atomic E-state index is 5.29. The second kappa shape index (κ2) is 3.27. The smallest absolute Gasteiger partial charge is 0.133 e. The Morgan fingerprint density at radius 1 is 1.21 bits per heavy atom. The van der Waals surface area contributed by atoms with Gasteiger partial charge in [0.2, 0.25) is 0 Å². The van der Waals surface area contributed by atoms with Crippen LogP contribution < -0.4 is 4.74 Å². The zero-order valence-electron chi connectivity index (χ0n) is 8.86. The van der Waals surface area contributed by atoms with Crippen LogP contribution in [0.25, 0.3) is 0 Å². The Labute approximate surface area is 93.6 Å². The van der Waals surface area contributed by atoms with Crippen molar-refractivity contribution in [2.24, 2.45) is 5.41 Å². The molecule has 76 valence electrons. The molecule has 0 unspecified atom stereocenters. The average molecular weight is 255 g/mol. The number of rotatable bonds is 1. The van der Waals surface area contributed by atoms with Crippen LogP contribution in [0.3, 0.4) is 0 Å². The Kier molecular flexibility index (Phi) is 2.34. The lowest BCUT2D eigenvalue weighted by Crippen LogP contribution is -2.09. The SMILES string of the molecule is COc1cc2c(cc1Br)CC(C)(C)C2. The summed E-state index contributed by atoms with van der Waals surface area (Å²) in [7, 11) is 1.71.